The Labute approximate surface area is 123 Å². The fraction of sp³-hybridized carbons (Fsp3) is 0.417. The van der Waals surface area contributed by atoms with Gasteiger partial charge in [0.1, 0.15) is 6.04 Å². The minimum Gasteiger partial charge on any atom is -0.342 e. The zero-order chi connectivity index (χ0) is 15.0. The van der Waals surface area contributed by atoms with Gasteiger partial charge in [-0.3, -0.25) is 4.79 Å². The molecule has 1 atom stereocenters. The fourth-order valence-corrected chi connectivity index (χ4v) is 1.86. The van der Waals surface area contributed by atoms with E-state index in [1.54, 1.807) is 0 Å². The molecule has 2 rings (SSSR count). The molecular weight excluding hydrogens is 319 g/mol. The maximum absolute atomic E-state index is 13.3. The Balaban J connectivity index is 0.00000220. The zero-order valence-corrected chi connectivity index (χ0v) is 11.3. The minimum atomic E-state index is -4.50. The lowest BCUT2D eigenvalue weighted by molar-refractivity contribution is -0.137. The zero-order valence-electron chi connectivity index (χ0n) is 10.5. The second kappa shape index (κ2) is 6.15. The molecule has 1 saturated heterocycles. The summed E-state index contributed by atoms with van der Waals surface area (Å²) in [6.07, 6.45) is -4.50. The van der Waals surface area contributed by atoms with Crippen molar-refractivity contribution in [2.24, 2.45) is 0 Å². The molecule has 9 heteroatoms. The van der Waals surface area contributed by atoms with E-state index >= 15 is 0 Å². The third kappa shape index (κ3) is 4.04. The summed E-state index contributed by atoms with van der Waals surface area (Å²) < 4.78 is 63.6. The van der Waals surface area contributed by atoms with Crippen molar-refractivity contribution in [3.63, 3.8) is 0 Å². The van der Waals surface area contributed by atoms with Crippen molar-refractivity contribution in [2.75, 3.05) is 13.1 Å². The van der Waals surface area contributed by atoms with Crippen LogP contribution in [0.3, 0.4) is 0 Å². The smallest absolute Gasteiger partial charge is 0.342 e. The summed E-state index contributed by atoms with van der Waals surface area (Å²) >= 11 is 0. The van der Waals surface area contributed by atoms with Crippen LogP contribution in [0.2, 0.25) is 0 Å². The van der Waals surface area contributed by atoms with Gasteiger partial charge in [0.05, 0.1) is 12.1 Å². The van der Waals surface area contributed by atoms with Gasteiger partial charge in [-0.1, -0.05) is 0 Å². The maximum atomic E-state index is 13.3. The van der Waals surface area contributed by atoms with E-state index in [2.05, 4.69) is 10.6 Å². The average Bonchev–Trinajstić information content (AvgIpc) is 2.68. The lowest BCUT2D eigenvalue weighted by atomic mass is 10.1. The summed E-state index contributed by atoms with van der Waals surface area (Å²) in [7, 11) is 0. The number of rotatable bonds is 2. The Morgan fingerprint density at radius 1 is 1.24 bits per heavy atom. The summed E-state index contributed by atoms with van der Waals surface area (Å²) in [6, 6.07) is 2.02. The van der Waals surface area contributed by atoms with Gasteiger partial charge in [-0.15, -0.1) is 12.4 Å². The highest BCUT2D eigenvalue weighted by atomic mass is 35.5. The Kier molecular flexibility index (Phi) is 5.16. The lowest BCUT2D eigenvalue weighted by Gasteiger charge is -2.19. The Hall–Kier alpha value is -1.41. The van der Waals surface area contributed by atoms with Gasteiger partial charge >= 0.3 is 6.18 Å². The van der Waals surface area contributed by atoms with E-state index in [4.69, 9.17) is 0 Å². The predicted molar refractivity (Wildman–Crippen MR) is 67.8 cm³/mol. The highest BCUT2D eigenvalue weighted by molar-refractivity contribution is 5.94. The van der Waals surface area contributed by atoms with Crippen LogP contribution in [0, 0.1) is 0 Å². The number of alkyl halides is 5. The van der Waals surface area contributed by atoms with Gasteiger partial charge in [-0.25, -0.2) is 8.78 Å². The van der Waals surface area contributed by atoms with Crippen molar-refractivity contribution < 1.29 is 26.7 Å². The molecule has 1 fully saturated rings. The van der Waals surface area contributed by atoms with Gasteiger partial charge in [0.15, 0.2) is 0 Å². The molecule has 1 unspecified atom stereocenters. The number of hydrogen-bond donors (Lipinski definition) is 2. The van der Waals surface area contributed by atoms with Crippen molar-refractivity contribution in [3.8, 4) is 0 Å². The predicted octanol–water partition coefficient (Wildman–Crippen LogP) is 2.46. The summed E-state index contributed by atoms with van der Waals surface area (Å²) in [5.41, 5.74) is -0.998. The fourth-order valence-electron chi connectivity index (χ4n) is 1.86. The van der Waals surface area contributed by atoms with Crippen molar-refractivity contribution in [2.45, 2.75) is 18.1 Å². The normalized spacial score (nSPS) is 20.7. The van der Waals surface area contributed by atoms with Crippen LogP contribution in [0.15, 0.2) is 24.3 Å². The van der Waals surface area contributed by atoms with Gasteiger partial charge in [0.2, 0.25) is 0 Å². The first kappa shape index (κ1) is 17.6. The van der Waals surface area contributed by atoms with Crippen molar-refractivity contribution >= 4 is 18.3 Å². The summed E-state index contributed by atoms with van der Waals surface area (Å²) in [5.74, 6) is -3.89. The van der Waals surface area contributed by atoms with Gasteiger partial charge in [-0.2, -0.15) is 13.2 Å². The van der Waals surface area contributed by atoms with Gasteiger partial charge in [0.25, 0.3) is 11.8 Å². The molecule has 0 aliphatic carbocycles. The molecule has 21 heavy (non-hydrogen) atoms. The standard InChI is InChI=1S/C12H11F5N2O.ClH/c13-11(14)6-18-5-9(11)19-10(20)7-1-3-8(4-2-7)12(15,16)17;/h1-4,9,18H,5-6H2,(H,19,20);1H. The third-order valence-electron chi connectivity index (χ3n) is 3.00. The first-order chi connectivity index (χ1) is 9.20. The Bertz CT molecular complexity index is 503. The van der Waals surface area contributed by atoms with E-state index in [1.165, 1.54) is 0 Å². The largest absolute Gasteiger partial charge is 0.416 e. The van der Waals surface area contributed by atoms with Crippen LogP contribution in [-0.2, 0) is 6.18 Å². The highest BCUT2D eigenvalue weighted by Gasteiger charge is 2.44. The van der Waals surface area contributed by atoms with Crippen LogP contribution in [0.5, 0.6) is 0 Å². The molecule has 0 aromatic heterocycles. The van der Waals surface area contributed by atoms with E-state index in [0.717, 1.165) is 24.3 Å². The van der Waals surface area contributed by atoms with Crippen LogP contribution in [0.25, 0.3) is 0 Å². The number of nitrogens with one attached hydrogen (secondary N) is 2. The molecule has 0 saturated carbocycles. The second-order valence-electron chi connectivity index (χ2n) is 4.49. The maximum Gasteiger partial charge on any atom is 0.416 e. The molecule has 0 radical (unpaired) electrons. The average molecular weight is 331 g/mol. The van der Waals surface area contributed by atoms with Crippen LogP contribution in [0.4, 0.5) is 22.0 Å². The molecule has 1 heterocycles. The number of amides is 1. The second-order valence-corrected chi connectivity index (χ2v) is 4.49. The van der Waals surface area contributed by atoms with E-state index in [-0.39, 0.29) is 24.5 Å². The molecule has 1 aliphatic rings. The highest BCUT2D eigenvalue weighted by Crippen LogP contribution is 2.29. The van der Waals surface area contributed by atoms with E-state index in [1.807, 2.05) is 0 Å². The summed E-state index contributed by atoms with van der Waals surface area (Å²) in [5, 5.41) is 4.55. The van der Waals surface area contributed by atoms with Crippen LogP contribution >= 0.6 is 12.4 Å². The first-order valence-corrected chi connectivity index (χ1v) is 5.77. The molecule has 1 aromatic carbocycles. The molecular formula is C12H12ClF5N2O. The SMILES string of the molecule is Cl.O=C(NC1CNCC1(F)F)c1ccc(C(F)(F)F)cc1. The van der Waals surface area contributed by atoms with Gasteiger partial charge in [0, 0.05) is 12.1 Å². The van der Waals surface area contributed by atoms with Crippen molar-refractivity contribution in [3.05, 3.63) is 35.4 Å². The molecule has 3 nitrogen and oxygen atoms in total. The first-order valence-electron chi connectivity index (χ1n) is 5.77. The van der Waals surface area contributed by atoms with E-state index < -0.39 is 36.2 Å². The third-order valence-corrected chi connectivity index (χ3v) is 3.00. The minimum absolute atomic E-state index is 0. The molecule has 2 N–H and O–H groups in total. The number of halogens is 6. The number of carbonyl (C=O) groups excluding carboxylic acids is 1. The summed E-state index contributed by atoms with van der Waals surface area (Å²) in [6.45, 7) is -0.621. The topological polar surface area (TPSA) is 41.1 Å². The molecule has 1 aromatic rings. The van der Waals surface area contributed by atoms with Gasteiger partial charge < -0.3 is 10.6 Å². The molecule has 118 valence electrons. The number of carbonyl (C=O) groups is 1. The molecule has 0 spiro atoms. The van der Waals surface area contributed by atoms with E-state index in [0.29, 0.717) is 0 Å². The Morgan fingerprint density at radius 2 is 1.81 bits per heavy atom. The summed E-state index contributed by atoms with van der Waals surface area (Å²) in [4.78, 5) is 11.7. The van der Waals surface area contributed by atoms with Gasteiger partial charge in [-0.05, 0) is 24.3 Å². The van der Waals surface area contributed by atoms with E-state index in [9.17, 15) is 26.7 Å². The number of hydrogen-bond acceptors (Lipinski definition) is 2. The van der Waals surface area contributed by atoms with Crippen LogP contribution in [-0.4, -0.2) is 31.0 Å². The molecule has 1 aliphatic heterocycles. The number of benzene rings is 1. The quantitative estimate of drug-likeness (QED) is 0.818. The monoisotopic (exact) mass is 330 g/mol. The van der Waals surface area contributed by atoms with Crippen LogP contribution < -0.4 is 10.6 Å². The molecule has 1 amide bonds. The Morgan fingerprint density at radius 3 is 2.24 bits per heavy atom. The molecule has 0 bridgehead atoms. The van der Waals surface area contributed by atoms with Crippen molar-refractivity contribution in [1.82, 2.24) is 10.6 Å². The lowest BCUT2D eigenvalue weighted by Crippen LogP contribution is -2.46. The van der Waals surface area contributed by atoms with Crippen molar-refractivity contribution in [1.29, 1.82) is 0 Å². The van der Waals surface area contributed by atoms with Crippen LogP contribution in [0.1, 0.15) is 15.9 Å².